The number of fused-ring (bicyclic) bond motifs is 1. The highest BCUT2D eigenvalue weighted by Crippen LogP contribution is 2.28. The van der Waals surface area contributed by atoms with Crippen molar-refractivity contribution in [2.24, 2.45) is 11.8 Å². The highest BCUT2D eigenvalue weighted by Gasteiger charge is 2.43. The maximum absolute atomic E-state index is 11.7. The molecule has 0 radical (unpaired) electrons. The molecule has 1 amide bonds. The van der Waals surface area contributed by atoms with Gasteiger partial charge in [0.25, 0.3) is 0 Å². The Hall–Kier alpha value is -0.570. The van der Waals surface area contributed by atoms with Crippen molar-refractivity contribution >= 4 is 5.91 Å². The smallest absolute Gasteiger partial charge is 0.227 e. The van der Waals surface area contributed by atoms with Crippen molar-refractivity contribution in [2.75, 3.05) is 19.6 Å². The van der Waals surface area contributed by atoms with Gasteiger partial charge in [0.15, 0.2) is 0 Å². The van der Waals surface area contributed by atoms with E-state index in [1.54, 1.807) is 0 Å². The fourth-order valence-electron chi connectivity index (χ4n) is 2.23. The lowest BCUT2D eigenvalue weighted by Crippen LogP contribution is -2.36. The van der Waals surface area contributed by atoms with E-state index in [0.717, 1.165) is 19.6 Å². The molecule has 2 unspecified atom stereocenters. The van der Waals surface area contributed by atoms with Crippen LogP contribution in [-0.2, 0) is 4.79 Å². The number of nitrogens with one attached hydrogen (secondary N) is 1. The monoisotopic (exact) mass is 168 g/mol. The molecule has 2 fully saturated rings. The number of carbonyl (C=O) groups excluding carboxylic acids is 1. The van der Waals surface area contributed by atoms with Crippen LogP contribution in [0.4, 0.5) is 0 Å². The van der Waals surface area contributed by atoms with Crippen LogP contribution in [0.1, 0.15) is 13.8 Å². The molecular weight excluding hydrogens is 152 g/mol. The second kappa shape index (κ2) is 2.73. The Labute approximate surface area is 73.1 Å². The predicted octanol–water partition coefficient (Wildman–Crippen LogP) is 0.0726. The van der Waals surface area contributed by atoms with Crippen LogP contribution in [-0.4, -0.2) is 36.5 Å². The van der Waals surface area contributed by atoms with Gasteiger partial charge in [-0.2, -0.15) is 0 Å². The first kappa shape index (κ1) is 8.05. The second-order valence-electron chi connectivity index (χ2n) is 4.11. The van der Waals surface area contributed by atoms with Crippen molar-refractivity contribution in [1.29, 1.82) is 0 Å². The first-order valence-corrected chi connectivity index (χ1v) is 4.71. The minimum atomic E-state index is 0.285. The number of nitrogens with zero attached hydrogens (tertiary/aromatic N) is 1. The Bertz CT molecular complexity index is 203. The third-order valence-electron chi connectivity index (χ3n) is 2.99. The van der Waals surface area contributed by atoms with E-state index in [1.807, 2.05) is 4.90 Å². The van der Waals surface area contributed by atoms with Gasteiger partial charge in [-0.15, -0.1) is 0 Å². The lowest BCUT2D eigenvalue weighted by molar-refractivity contribution is -0.132. The number of likely N-dealkylation sites (tertiary alicyclic amines) is 1. The lowest BCUT2D eigenvalue weighted by Gasteiger charge is -2.21. The van der Waals surface area contributed by atoms with Gasteiger partial charge in [0.1, 0.15) is 0 Å². The first-order valence-electron chi connectivity index (χ1n) is 4.71. The molecule has 2 rings (SSSR count). The van der Waals surface area contributed by atoms with Crippen LogP contribution in [0.15, 0.2) is 0 Å². The van der Waals surface area contributed by atoms with Crippen molar-refractivity contribution < 1.29 is 4.79 Å². The fraction of sp³-hybridized carbons (Fsp3) is 0.889. The van der Waals surface area contributed by atoms with Crippen LogP contribution >= 0.6 is 0 Å². The summed E-state index contributed by atoms with van der Waals surface area (Å²) in [6, 6.07) is 0.378. The largest absolute Gasteiger partial charge is 0.340 e. The standard InChI is InChI=1S/C9H16N2O/c1-6(2)11-5-7-3-10-4-8(7)9(11)12/h6-8,10H,3-5H2,1-2H3. The van der Waals surface area contributed by atoms with E-state index in [1.165, 1.54) is 0 Å². The van der Waals surface area contributed by atoms with E-state index >= 15 is 0 Å². The molecule has 2 saturated heterocycles. The molecule has 0 bridgehead atoms. The van der Waals surface area contributed by atoms with Gasteiger partial charge in [-0.1, -0.05) is 0 Å². The summed E-state index contributed by atoms with van der Waals surface area (Å²) >= 11 is 0. The van der Waals surface area contributed by atoms with Crippen molar-refractivity contribution in [3.8, 4) is 0 Å². The van der Waals surface area contributed by atoms with Crippen LogP contribution in [0, 0.1) is 11.8 Å². The summed E-state index contributed by atoms with van der Waals surface area (Å²) in [6.07, 6.45) is 0. The summed E-state index contributed by atoms with van der Waals surface area (Å²) in [5.41, 5.74) is 0. The van der Waals surface area contributed by atoms with Crippen LogP contribution in [0.2, 0.25) is 0 Å². The maximum Gasteiger partial charge on any atom is 0.227 e. The second-order valence-corrected chi connectivity index (χ2v) is 4.11. The van der Waals surface area contributed by atoms with Gasteiger partial charge in [-0.05, 0) is 13.8 Å². The first-order chi connectivity index (χ1) is 5.70. The Morgan fingerprint density at radius 2 is 2.25 bits per heavy atom. The van der Waals surface area contributed by atoms with E-state index in [-0.39, 0.29) is 5.92 Å². The Morgan fingerprint density at radius 3 is 2.83 bits per heavy atom. The molecule has 0 aromatic heterocycles. The normalized spacial score (nSPS) is 34.9. The summed E-state index contributed by atoms with van der Waals surface area (Å²) < 4.78 is 0. The summed E-state index contributed by atoms with van der Waals surface area (Å²) in [5.74, 6) is 1.23. The number of carbonyl (C=O) groups is 1. The third-order valence-corrected chi connectivity index (χ3v) is 2.99. The van der Waals surface area contributed by atoms with E-state index < -0.39 is 0 Å². The number of amides is 1. The van der Waals surface area contributed by atoms with Gasteiger partial charge in [0.05, 0.1) is 5.92 Å². The number of rotatable bonds is 1. The molecular formula is C9H16N2O. The van der Waals surface area contributed by atoms with Gasteiger partial charge >= 0.3 is 0 Å². The Morgan fingerprint density at radius 1 is 1.50 bits per heavy atom. The van der Waals surface area contributed by atoms with Gasteiger partial charge < -0.3 is 10.2 Å². The van der Waals surface area contributed by atoms with Crippen LogP contribution in [0.25, 0.3) is 0 Å². The molecule has 3 heteroatoms. The van der Waals surface area contributed by atoms with Crippen molar-refractivity contribution in [2.45, 2.75) is 19.9 Å². The predicted molar refractivity (Wildman–Crippen MR) is 46.7 cm³/mol. The molecule has 0 spiro atoms. The molecule has 2 atom stereocenters. The minimum Gasteiger partial charge on any atom is -0.340 e. The van der Waals surface area contributed by atoms with Gasteiger partial charge in [-0.3, -0.25) is 4.79 Å². The topological polar surface area (TPSA) is 32.3 Å². The zero-order chi connectivity index (χ0) is 8.72. The summed E-state index contributed by atoms with van der Waals surface area (Å²) in [5, 5.41) is 3.27. The Balaban J connectivity index is 2.11. The lowest BCUT2D eigenvalue weighted by atomic mass is 10.0. The molecule has 0 saturated carbocycles. The molecule has 2 aliphatic rings. The Kier molecular flexibility index (Phi) is 1.83. The third kappa shape index (κ3) is 1.04. The van der Waals surface area contributed by atoms with Crippen molar-refractivity contribution in [1.82, 2.24) is 10.2 Å². The van der Waals surface area contributed by atoms with E-state index in [2.05, 4.69) is 19.2 Å². The zero-order valence-electron chi connectivity index (χ0n) is 7.71. The number of hydrogen-bond donors (Lipinski definition) is 1. The van der Waals surface area contributed by atoms with Crippen LogP contribution in [0.5, 0.6) is 0 Å². The molecule has 0 aromatic rings. The molecule has 1 N–H and O–H groups in total. The highest BCUT2D eigenvalue weighted by molar-refractivity contribution is 5.82. The van der Waals surface area contributed by atoms with E-state index in [0.29, 0.717) is 17.9 Å². The van der Waals surface area contributed by atoms with Crippen molar-refractivity contribution in [3.63, 3.8) is 0 Å². The summed E-state index contributed by atoms with van der Waals surface area (Å²) in [4.78, 5) is 13.7. The molecule has 0 aromatic carbocycles. The highest BCUT2D eigenvalue weighted by atomic mass is 16.2. The average Bonchev–Trinajstić information content (AvgIpc) is 2.53. The fourth-order valence-corrected chi connectivity index (χ4v) is 2.23. The molecule has 12 heavy (non-hydrogen) atoms. The maximum atomic E-state index is 11.7. The number of hydrogen-bond acceptors (Lipinski definition) is 2. The van der Waals surface area contributed by atoms with Gasteiger partial charge in [0, 0.05) is 31.6 Å². The molecule has 68 valence electrons. The summed E-state index contributed by atoms with van der Waals surface area (Å²) in [6.45, 7) is 7.07. The van der Waals surface area contributed by atoms with Gasteiger partial charge in [-0.25, -0.2) is 0 Å². The van der Waals surface area contributed by atoms with Crippen LogP contribution < -0.4 is 5.32 Å². The van der Waals surface area contributed by atoms with Crippen molar-refractivity contribution in [3.05, 3.63) is 0 Å². The van der Waals surface area contributed by atoms with E-state index in [4.69, 9.17) is 0 Å². The SMILES string of the molecule is CC(C)N1CC2CNCC2C1=O. The molecule has 2 heterocycles. The van der Waals surface area contributed by atoms with Crippen LogP contribution in [0.3, 0.4) is 0 Å². The van der Waals surface area contributed by atoms with E-state index in [9.17, 15) is 4.79 Å². The zero-order valence-corrected chi connectivity index (χ0v) is 7.71. The summed E-state index contributed by atoms with van der Waals surface area (Å²) in [7, 11) is 0. The average molecular weight is 168 g/mol. The quantitative estimate of drug-likeness (QED) is 0.601. The van der Waals surface area contributed by atoms with Gasteiger partial charge in [0.2, 0.25) is 5.91 Å². The molecule has 2 aliphatic heterocycles. The molecule has 0 aliphatic carbocycles. The minimum absolute atomic E-state index is 0.285. The molecule has 3 nitrogen and oxygen atoms in total.